The molecule has 138 valence electrons. The maximum absolute atomic E-state index is 12.2. The lowest BCUT2D eigenvalue weighted by atomic mass is 10.2. The SMILES string of the molecule is CC(C)NC(=O)Nc1nc2c(s1)CN(CC(=O)Nc1cccnc1)CC2. The van der Waals surface area contributed by atoms with Crippen LogP contribution in [0.1, 0.15) is 24.4 Å². The number of fused-ring (bicyclic) bond motifs is 1. The van der Waals surface area contributed by atoms with Gasteiger partial charge in [0, 0.05) is 36.6 Å². The highest BCUT2D eigenvalue weighted by atomic mass is 32.1. The Hall–Kier alpha value is -2.52. The molecule has 9 heteroatoms. The lowest BCUT2D eigenvalue weighted by Gasteiger charge is -2.25. The average Bonchev–Trinajstić information content (AvgIpc) is 2.96. The molecule has 26 heavy (non-hydrogen) atoms. The smallest absolute Gasteiger partial charge is 0.321 e. The first-order valence-electron chi connectivity index (χ1n) is 8.48. The molecule has 0 bridgehead atoms. The van der Waals surface area contributed by atoms with Crippen LogP contribution in [0.5, 0.6) is 0 Å². The quantitative estimate of drug-likeness (QED) is 0.744. The first kappa shape index (κ1) is 18.3. The van der Waals surface area contributed by atoms with E-state index >= 15 is 0 Å². The average molecular weight is 374 g/mol. The zero-order valence-electron chi connectivity index (χ0n) is 14.8. The second-order valence-electron chi connectivity index (χ2n) is 6.39. The van der Waals surface area contributed by atoms with Gasteiger partial charge in [-0.1, -0.05) is 0 Å². The van der Waals surface area contributed by atoms with E-state index in [4.69, 9.17) is 0 Å². The van der Waals surface area contributed by atoms with Crippen molar-refractivity contribution in [1.29, 1.82) is 0 Å². The van der Waals surface area contributed by atoms with Crippen LogP contribution in [0.4, 0.5) is 15.6 Å². The fourth-order valence-corrected chi connectivity index (χ4v) is 3.72. The Morgan fingerprint density at radius 2 is 2.19 bits per heavy atom. The van der Waals surface area contributed by atoms with Crippen LogP contribution in [0.3, 0.4) is 0 Å². The summed E-state index contributed by atoms with van der Waals surface area (Å²) in [6.07, 6.45) is 4.05. The van der Waals surface area contributed by atoms with E-state index in [0.717, 1.165) is 23.5 Å². The van der Waals surface area contributed by atoms with Crippen molar-refractivity contribution in [3.63, 3.8) is 0 Å². The molecule has 3 amide bonds. The van der Waals surface area contributed by atoms with Crippen molar-refractivity contribution in [3.8, 4) is 0 Å². The van der Waals surface area contributed by atoms with Crippen LogP contribution in [0.2, 0.25) is 0 Å². The molecular formula is C17H22N6O2S. The van der Waals surface area contributed by atoms with Gasteiger partial charge in [0.05, 0.1) is 24.1 Å². The summed E-state index contributed by atoms with van der Waals surface area (Å²) in [4.78, 5) is 35.6. The number of hydrogen-bond donors (Lipinski definition) is 3. The molecule has 0 spiro atoms. The van der Waals surface area contributed by atoms with Gasteiger partial charge in [0.15, 0.2) is 5.13 Å². The van der Waals surface area contributed by atoms with Crippen molar-refractivity contribution < 1.29 is 9.59 Å². The van der Waals surface area contributed by atoms with E-state index in [0.29, 0.717) is 23.9 Å². The number of urea groups is 1. The van der Waals surface area contributed by atoms with Gasteiger partial charge in [0.2, 0.25) is 5.91 Å². The first-order chi connectivity index (χ1) is 12.5. The molecule has 0 fully saturated rings. The molecule has 3 rings (SSSR count). The maximum Gasteiger partial charge on any atom is 0.321 e. The molecule has 8 nitrogen and oxygen atoms in total. The molecule has 2 aromatic rings. The molecule has 0 aromatic carbocycles. The Morgan fingerprint density at radius 3 is 2.92 bits per heavy atom. The zero-order chi connectivity index (χ0) is 18.5. The van der Waals surface area contributed by atoms with Gasteiger partial charge >= 0.3 is 6.03 Å². The Kier molecular flexibility index (Phi) is 5.79. The molecule has 1 aliphatic heterocycles. The molecule has 0 radical (unpaired) electrons. The van der Waals surface area contributed by atoms with E-state index in [-0.39, 0.29) is 18.0 Å². The fraction of sp³-hybridized carbons (Fsp3) is 0.412. The highest BCUT2D eigenvalue weighted by Gasteiger charge is 2.23. The highest BCUT2D eigenvalue weighted by Crippen LogP contribution is 2.28. The third kappa shape index (κ3) is 4.99. The second kappa shape index (κ2) is 8.24. The number of hydrogen-bond acceptors (Lipinski definition) is 6. The summed E-state index contributed by atoms with van der Waals surface area (Å²) in [6.45, 7) is 5.53. The van der Waals surface area contributed by atoms with Crippen molar-refractivity contribution in [3.05, 3.63) is 35.1 Å². The van der Waals surface area contributed by atoms with Gasteiger partial charge in [-0.2, -0.15) is 0 Å². The van der Waals surface area contributed by atoms with E-state index < -0.39 is 0 Å². The lowest BCUT2D eigenvalue weighted by Crippen LogP contribution is -2.36. The van der Waals surface area contributed by atoms with Crippen molar-refractivity contribution in [2.45, 2.75) is 32.9 Å². The summed E-state index contributed by atoms with van der Waals surface area (Å²) in [5.74, 6) is -0.0689. The van der Waals surface area contributed by atoms with Crippen LogP contribution in [0, 0.1) is 0 Å². The summed E-state index contributed by atoms with van der Waals surface area (Å²) in [5, 5.41) is 8.98. The standard InChI is InChI=1S/C17H22N6O2S/c1-11(2)19-16(25)22-17-21-13-5-7-23(9-14(13)26-17)10-15(24)20-12-4-3-6-18-8-12/h3-4,6,8,11H,5,7,9-10H2,1-2H3,(H,20,24)(H2,19,21,22,25). The van der Waals surface area contributed by atoms with Crippen LogP contribution in [-0.4, -0.2) is 45.9 Å². The Morgan fingerprint density at radius 1 is 1.35 bits per heavy atom. The van der Waals surface area contributed by atoms with Gasteiger partial charge in [-0.3, -0.25) is 20.0 Å². The number of anilines is 2. The number of pyridine rings is 1. The van der Waals surface area contributed by atoms with Gasteiger partial charge in [0.1, 0.15) is 0 Å². The van der Waals surface area contributed by atoms with E-state index in [1.54, 1.807) is 18.5 Å². The predicted octanol–water partition coefficient (Wildman–Crippen LogP) is 2.06. The number of carbonyl (C=O) groups excluding carboxylic acids is 2. The summed E-state index contributed by atoms with van der Waals surface area (Å²) in [7, 11) is 0. The van der Waals surface area contributed by atoms with Crippen molar-refractivity contribution in [2.24, 2.45) is 0 Å². The number of carbonyl (C=O) groups is 2. The largest absolute Gasteiger partial charge is 0.336 e. The molecule has 0 saturated carbocycles. The fourth-order valence-electron chi connectivity index (χ4n) is 2.67. The van der Waals surface area contributed by atoms with Crippen LogP contribution in [0.25, 0.3) is 0 Å². The van der Waals surface area contributed by atoms with Crippen molar-refractivity contribution in [2.75, 3.05) is 23.7 Å². The van der Waals surface area contributed by atoms with E-state index in [1.807, 2.05) is 19.9 Å². The van der Waals surface area contributed by atoms with E-state index in [1.165, 1.54) is 11.3 Å². The van der Waals surface area contributed by atoms with Gasteiger partial charge in [-0.15, -0.1) is 11.3 Å². The maximum atomic E-state index is 12.2. The number of aromatic nitrogens is 2. The van der Waals surface area contributed by atoms with Gasteiger partial charge in [0.25, 0.3) is 0 Å². The molecule has 0 aliphatic carbocycles. The third-order valence-corrected chi connectivity index (χ3v) is 4.76. The number of nitrogens with one attached hydrogen (secondary N) is 3. The van der Waals surface area contributed by atoms with Gasteiger partial charge < -0.3 is 10.6 Å². The minimum atomic E-state index is -0.251. The topological polar surface area (TPSA) is 99.3 Å². The van der Waals surface area contributed by atoms with Gasteiger partial charge in [-0.25, -0.2) is 9.78 Å². The Labute approximate surface area is 156 Å². The number of thiazole rings is 1. The number of amides is 3. The Bertz CT molecular complexity index is 777. The molecule has 2 aromatic heterocycles. The normalized spacial score (nSPS) is 14.0. The molecule has 0 saturated heterocycles. The summed E-state index contributed by atoms with van der Waals surface area (Å²) in [6, 6.07) is 3.41. The predicted molar refractivity (Wildman–Crippen MR) is 101 cm³/mol. The van der Waals surface area contributed by atoms with Crippen LogP contribution in [-0.2, 0) is 17.8 Å². The second-order valence-corrected chi connectivity index (χ2v) is 7.48. The van der Waals surface area contributed by atoms with Crippen molar-refractivity contribution >= 4 is 34.1 Å². The van der Waals surface area contributed by atoms with E-state index in [9.17, 15) is 9.59 Å². The van der Waals surface area contributed by atoms with E-state index in [2.05, 4.69) is 30.8 Å². The van der Waals surface area contributed by atoms with Crippen LogP contribution >= 0.6 is 11.3 Å². The number of rotatable bonds is 5. The monoisotopic (exact) mass is 374 g/mol. The third-order valence-electron chi connectivity index (χ3n) is 3.76. The Balaban J connectivity index is 1.54. The lowest BCUT2D eigenvalue weighted by molar-refractivity contribution is -0.117. The van der Waals surface area contributed by atoms with Crippen molar-refractivity contribution in [1.82, 2.24) is 20.2 Å². The number of nitrogens with zero attached hydrogens (tertiary/aromatic N) is 3. The van der Waals surface area contributed by atoms with Crippen LogP contribution < -0.4 is 16.0 Å². The summed E-state index contributed by atoms with van der Waals surface area (Å²) >= 11 is 1.46. The molecule has 0 unspecified atom stereocenters. The first-order valence-corrected chi connectivity index (χ1v) is 9.29. The van der Waals surface area contributed by atoms with Gasteiger partial charge in [-0.05, 0) is 26.0 Å². The zero-order valence-corrected chi connectivity index (χ0v) is 15.6. The summed E-state index contributed by atoms with van der Waals surface area (Å²) in [5.41, 5.74) is 1.69. The molecule has 3 N–H and O–H groups in total. The molecular weight excluding hydrogens is 352 g/mol. The summed E-state index contributed by atoms with van der Waals surface area (Å²) < 4.78 is 0. The highest BCUT2D eigenvalue weighted by molar-refractivity contribution is 7.15. The molecule has 0 atom stereocenters. The van der Waals surface area contributed by atoms with Crippen LogP contribution in [0.15, 0.2) is 24.5 Å². The molecule has 3 heterocycles. The molecule has 1 aliphatic rings. The minimum Gasteiger partial charge on any atom is -0.336 e. The minimum absolute atomic E-state index is 0.0680.